The van der Waals surface area contributed by atoms with E-state index in [9.17, 15) is 4.79 Å². The van der Waals surface area contributed by atoms with Crippen LogP contribution in [0.1, 0.15) is 31.2 Å². The fraction of sp³-hybridized carbons (Fsp3) is 0.471. The minimum Gasteiger partial charge on any atom is -0.377 e. The Labute approximate surface area is 131 Å². The molecule has 0 aromatic heterocycles. The highest BCUT2D eigenvalue weighted by Gasteiger charge is 2.39. The molecule has 1 aliphatic rings. The first-order valence-corrected chi connectivity index (χ1v) is 7.41. The van der Waals surface area contributed by atoms with Crippen LogP contribution in [0.15, 0.2) is 28.4 Å². The molecule has 116 valence electrons. The van der Waals surface area contributed by atoms with Gasteiger partial charge in [0.1, 0.15) is 0 Å². The van der Waals surface area contributed by atoms with Crippen LogP contribution in [0.2, 0.25) is 0 Å². The van der Waals surface area contributed by atoms with Crippen LogP contribution in [0.3, 0.4) is 0 Å². The quantitative estimate of drug-likeness (QED) is 0.785. The van der Waals surface area contributed by atoms with Gasteiger partial charge in [0.25, 0.3) is 0 Å². The Hall–Kier alpha value is -2.35. The Balaban J connectivity index is 1.85. The molecule has 1 amide bonds. The highest BCUT2D eigenvalue weighted by molar-refractivity contribution is 5.91. The number of amides is 1. The highest BCUT2D eigenvalue weighted by Crippen LogP contribution is 2.37. The number of nitrogens with zero attached hydrogens (tertiary/aromatic N) is 3. The molecule has 0 fully saturated rings. The van der Waals surface area contributed by atoms with Crippen molar-refractivity contribution in [1.29, 1.82) is 0 Å². The van der Waals surface area contributed by atoms with Gasteiger partial charge in [0.05, 0.1) is 0 Å². The number of carbonyl (C=O) groups excluding carboxylic acids is 1. The molecule has 0 saturated carbocycles. The van der Waals surface area contributed by atoms with Crippen molar-refractivity contribution in [3.05, 3.63) is 23.8 Å². The number of rotatable bonds is 7. The molecule has 1 aromatic rings. The van der Waals surface area contributed by atoms with E-state index in [1.165, 1.54) is 0 Å². The fourth-order valence-electron chi connectivity index (χ4n) is 2.44. The average Bonchev–Trinajstić information content (AvgIpc) is 3.23. The van der Waals surface area contributed by atoms with Crippen LogP contribution in [0.5, 0.6) is 0 Å². The van der Waals surface area contributed by atoms with Crippen LogP contribution >= 0.6 is 0 Å². The van der Waals surface area contributed by atoms with Crippen molar-refractivity contribution in [2.75, 3.05) is 24.3 Å². The third kappa shape index (κ3) is 4.08. The predicted octanol–water partition coefficient (Wildman–Crippen LogP) is 3.36. The highest BCUT2D eigenvalue weighted by atomic mass is 16.1. The maximum atomic E-state index is 12.0. The minimum absolute atomic E-state index is 0.0191. The second kappa shape index (κ2) is 6.61. The van der Waals surface area contributed by atoms with Gasteiger partial charge in [-0.3, -0.25) is 4.79 Å². The Morgan fingerprint density at radius 3 is 2.64 bits per heavy atom. The van der Waals surface area contributed by atoms with Crippen molar-refractivity contribution in [3.8, 4) is 12.3 Å². The summed E-state index contributed by atoms with van der Waals surface area (Å²) in [5.41, 5.74) is 2.69. The first-order chi connectivity index (χ1) is 10.5. The normalized spacial score (nSPS) is 14.3. The summed E-state index contributed by atoms with van der Waals surface area (Å²) in [6.07, 6.45) is 7.64. The summed E-state index contributed by atoms with van der Waals surface area (Å²) in [5, 5.41) is 11.0. The van der Waals surface area contributed by atoms with Crippen molar-refractivity contribution in [2.45, 2.75) is 38.3 Å². The molecule has 1 aliphatic heterocycles. The summed E-state index contributed by atoms with van der Waals surface area (Å²) in [4.78, 5) is 14.1. The molecule has 1 aromatic carbocycles. The molecule has 2 rings (SSSR count). The summed E-state index contributed by atoms with van der Waals surface area (Å²) in [5.74, 6) is 2.57. The molecular formula is C17H22N4O. The smallest absolute Gasteiger partial charge is 0.224 e. The lowest BCUT2D eigenvalue weighted by Gasteiger charge is -2.16. The zero-order valence-electron chi connectivity index (χ0n) is 13.4. The second-order valence-electron chi connectivity index (χ2n) is 5.83. The van der Waals surface area contributed by atoms with Gasteiger partial charge in [0, 0.05) is 51.2 Å². The molecule has 0 aliphatic carbocycles. The Bertz CT molecular complexity index is 622. The van der Waals surface area contributed by atoms with Crippen molar-refractivity contribution in [2.24, 2.45) is 10.2 Å². The summed E-state index contributed by atoms with van der Waals surface area (Å²) in [6.45, 7) is 2.03. The molecule has 1 heterocycles. The maximum Gasteiger partial charge on any atom is 0.224 e. The van der Waals surface area contributed by atoms with Crippen LogP contribution in [0, 0.1) is 19.3 Å². The van der Waals surface area contributed by atoms with Gasteiger partial charge in [-0.25, -0.2) is 0 Å². The zero-order valence-corrected chi connectivity index (χ0v) is 13.4. The molecule has 0 spiro atoms. The number of aryl methyl sites for hydroxylation is 1. The van der Waals surface area contributed by atoms with E-state index >= 15 is 0 Å². The van der Waals surface area contributed by atoms with E-state index in [0.717, 1.165) is 23.4 Å². The number of carbonyl (C=O) groups is 1. The molecule has 0 radical (unpaired) electrons. The monoisotopic (exact) mass is 298 g/mol. The maximum absolute atomic E-state index is 12.0. The van der Waals surface area contributed by atoms with Crippen LogP contribution in [-0.2, 0) is 4.79 Å². The van der Waals surface area contributed by atoms with Crippen molar-refractivity contribution in [3.63, 3.8) is 0 Å². The Morgan fingerprint density at radius 1 is 1.36 bits per heavy atom. The van der Waals surface area contributed by atoms with Gasteiger partial charge in [-0.1, -0.05) is 0 Å². The van der Waals surface area contributed by atoms with Gasteiger partial charge < -0.3 is 10.2 Å². The number of hydrogen-bond donors (Lipinski definition) is 1. The summed E-state index contributed by atoms with van der Waals surface area (Å²) in [7, 11) is 4.00. The third-order valence-corrected chi connectivity index (χ3v) is 3.77. The largest absolute Gasteiger partial charge is 0.377 e. The topological polar surface area (TPSA) is 57.1 Å². The van der Waals surface area contributed by atoms with E-state index in [-0.39, 0.29) is 5.91 Å². The molecule has 0 bridgehead atoms. The van der Waals surface area contributed by atoms with Gasteiger partial charge in [0.15, 0.2) is 5.66 Å². The van der Waals surface area contributed by atoms with Gasteiger partial charge in [-0.2, -0.15) is 10.2 Å². The lowest BCUT2D eigenvalue weighted by atomic mass is 10.0. The Morgan fingerprint density at radius 2 is 2.09 bits per heavy atom. The summed E-state index contributed by atoms with van der Waals surface area (Å²) in [6, 6.07) is 5.90. The zero-order chi connectivity index (χ0) is 16.2. The van der Waals surface area contributed by atoms with Crippen molar-refractivity contribution >= 4 is 17.3 Å². The van der Waals surface area contributed by atoms with E-state index in [1.54, 1.807) is 0 Å². The van der Waals surface area contributed by atoms with Crippen molar-refractivity contribution < 1.29 is 4.79 Å². The number of hydrogen-bond acceptors (Lipinski definition) is 4. The van der Waals surface area contributed by atoms with Crippen LogP contribution in [-0.4, -0.2) is 25.7 Å². The second-order valence-corrected chi connectivity index (χ2v) is 5.83. The summed E-state index contributed by atoms with van der Waals surface area (Å²) >= 11 is 0. The first kappa shape index (κ1) is 16.0. The Kier molecular flexibility index (Phi) is 4.81. The number of nitrogens with one attached hydrogen (secondary N) is 1. The van der Waals surface area contributed by atoms with Crippen LogP contribution in [0.4, 0.5) is 11.4 Å². The number of benzene rings is 1. The van der Waals surface area contributed by atoms with Gasteiger partial charge in [-0.05, 0) is 30.7 Å². The molecule has 0 atom stereocenters. The molecule has 0 unspecified atom stereocenters. The van der Waals surface area contributed by atoms with Crippen molar-refractivity contribution in [1.82, 2.24) is 0 Å². The molecular weight excluding hydrogens is 276 g/mol. The van der Waals surface area contributed by atoms with E-state index in [0.29, 0.717) is 19.3 Å². The van der Waals surface area contributed by atoms with Gasteiger partial charge >= 0.3 is 0 Å². The van der Waals surface area contributed by atoms with E-state index in [4.69, 9.17) is 6.42 Å². The lowest BCUT2D eigenvalue weighted by molar-refractivity contribution is -0.116. The fourth-order valence-corrected chi connectivity index (χ4v) is 2.44. The van der Waals surface area contributed by atoms with Crippen LogP contribution in [0.25, 0.3) is 0 Å². The average molecular weight is 298 g/mol. The molecule has 0 saturated heterocycles. The summed E-state index contributed by atoms with van der Waals surface area (Å²) < 4.78 is 0. The third-order valence-electron chi connectivity index (χ3n) is 3.77. The predicted molar refractivity (Wildman–Crippen MR) is 89.0 cm³/mol. The molecule has 5 nitrogen and oxygen atoms in total. The van der Waals surface area contributed by atoms with Gasteiger partial charge in [-0.15, -0.1) is 12.3 Å². The lowest BCUT2D eigenvalue weighted by Crippen LogP contribution is -2.18. The minimum atomic E-state index is -0.394. The van der Waals surface area contributed by atoms with Crippen LogP contribution < -0.4 is 10.2 Å². The molecule has 22 heavy (non-hydrogen) atoms. The SMILES string of the molecule is C#CCCC1(CCC(=O)Nc2ccc(N(C)C)c(C)c2)N=N1. The van der Waals surface area contributed by atoms with E-state index < -0.39 is 5.66 Å². The molecule has 1 N–H and O–H groups in total. The standard InChI is InChI=1S/C17H22N4O/c1-5-6-10-17(19-20-17)11-9-16(22)18-14-7-8-15(21(3)4)13(2)12-14/h1,7-8,12H,6,9-11H2,2-4H3,(H,18,22). The van der Waals surface area contributed by atoms with Gasteiger partial charge in [0.2, 0.25) is 5.91 Å². The molecule has 5 heteroatoms. The van der Waals surface area contributed by atoms with E-state index in [1.807, 2.05) is 44.1 Å². The number of anilines is 2. The number of terminal acetylenes is 1. The first-order valence-electron chi connectivity index (χ1n) is 7.41. The van der Waals surface area contributed by atoms with E-state index in [2.05, 4.69) is 21.5 Å².